The summed E-state index contributed by atoms with van der Waals surface area (Å²) < 4.78 is 0. The Morgan fingerprint density at radius 2 is 1.88 bits per heavy atom. The highest BCUT2D eigenvalue weighted by molar-refractivity contribution is 6.23. The third-order valence-electron chi connectivity index (χ3n) is 6.31. The zero-order valence-electron chi connectivity index (χ0n) is 17.5. The van der Waals surface area contributed by atoms with Crippen molar-refractivity contribution in [2.24, 2.45) is 0 Å². The Morgan fingerprint density at radius 3 is 2.72 bits per heavy atom. The molecule has 0 spiro atoms. The Hall–Kier alpha value is -3.62. The quantitative estimate of drug-likeness (QED) is 0.522. The van der Waals surface area contributed by atoms with Crippen LogP contribution in [0.4, 0.5) is 5.82 Å². The number of nitrogens with one attached hydrogen (secondary N) is 2. The van der Waals surface area contributed by atoms with Crippen LogP contribution < -0.4 is 10.6 Å². The van der Waals surface area contributed by atoms with E-state index >= 15 is 0 Å². The van der Waals surface area contributed by atoms with Gasteiger partial charge in [0.05, 0.1) is 11.1 Å². The van der Waals surface area contributed by atoms with Crippen molar-refractivity contribution in [3.63, 3.8) is 0 Å². The van der Waals surface area contributed by atoms with Crippen LogP contribution in [0.1, 0.15) is 63.2 Å². The fourth-order valence-corrected chi connectivity index (χ4v) is 4.68. The van der Waals surface area contributed by atoms with Crippen LogP contribution >= 0.6 is 0 Å². The van der Waals surface area contributed by atoms with Gasteiger partial charge in [-0.2, -0.15) is 0 Å². The summed E-state index contributed by atoms with van der Waals surface area (Å²) in [5.41, 5.74) is 3.91. The molecule has 1 aromatic carbocycles. The predicted octanol–water partition coefficient (Wildman–Crippen LogP) is 1.41. The SMILES string of the molecule is O=C1CCC(N2C(=O)c3ccc(CCCNc4ncnc5c4CCC5)cc3C2=O)C(=O)N1. The average molecular weight is 433 g/mol. The minimum Gasteiger partial charge on any atom is -0.370 e. The predicted molar refractivity (Wildman–Crippen MR) is 114 cm³/mol. The highest BCUT2D eigenvalue weighted by Gasteiger charge is 2.44. The molecule has 164 valence electrons. The average Bonchev–Trinajstić information content (AvgIpc) is 3.36. The second kappa shape index (κ2) is 8.14. The maximum atomic E-state index is 12.9. The van der Waals surface area contributed by atoms with Crippen LogP contribution in [-0.2, 0) is 28.9 Å². The van der Waals surface area contributed by atoms with Crippen LogP contribution in [0.2, 0.25) is 0 Å². The third-order valence-corrected chi connectivity index (χ3v) is 6.31. The molecular formula is C23H23N5O4. The fourth-order valence-electron chi connectivity index (χ4n) is 4.68. The van der Waals surface area contributed by atoms with Crippen LogP contribution in [0.3, 0.4) is 0 Å². The van der Waals surface area contributed by atoms with Crippen molar-refractivity contribution < 1.29 is 19.2 Å². The summed E-state index contributed by atoms with van der Waals surface area (Å²) in [6.07, 6.45) is 6.54. The van der Waals surface area contributed by atoms with E-state index in [0.717, 1.165) is 60.6 Å². The number of fused-ring (bicyclic) bond motifs is 2. The van der Waals surface area contributed by atoms with E-state index in [1.807, 2.05) is 6.07 Å². The van der Waals surface area contributed by atoms with E-state index in [0.29, 0.717) is 11.1 Å². The Morgan fingerprint density at radius 1 is 1.03 bits per heavy atom. The van der Waals surface area contributed by atoms with E-state index in [9.17, 15) is 19.2 Å². The molecule has 3 heterocycles. The molecule has 32 heavy (non-hydrogen) atoms. The number of carbonyl (C=O) groups is 4. The van der Waals surface area contributed by atoms with Gasteiger partial charge in [-0.25, -0.2) is 9.97 Å². The molecule has 2 aromatic rings. The first-order valence-corrected chi connectivity index (χ1v) is 10.9. The molecular weight excluding hydrogens is 410 g/mol. The van der Waals surface area contributed by atoms with E-state index < -0.39 is 23.8 Å². The van der Waals surface area contributed by atoms with E-state index in [4.69, 9.17) is 0 Å². The molecule has 4 amide bonds. The lowest BCUT2D eigenvalue weighted by Crippen LogP contribution is -2.54. The standard InChI is InChI=1S/C23H23N5O4/c29-19-9-8-18(21(30)27-19)28-22(31)14-7-6-13(11-16(14)23(28)32)3-2-10-24-20-15-4-1-5-17(15)25-12-26-20/h6-7,11-12,18H,1-5,8-10H2,(H,24,25,26)(H,27,29,30). The van der Waals surface area contributed by atoms with Gasteiger partial charge in [0.25, 0.3) is 11.8 Å². The van der Waals surface area contributed by atoms with Crippen molar-refractivity contribution in [2.75, 3.05) is 11.9 Å². The molecule has 2 aliphatic heterocycles. The van der Waals surface area contributed by atoms with E-state index in [1.165, 1.54) is 5.56 Å². The van der Waals surface area contributed by atoms with Crippen LogP contribution in [0, 0.1) is 0 Å². The zero-order valence-corrected chi connectivity index (χ0v) is 17.5. The number of benzene rings is 1. The van der Waals surface area contributed by atoms with Crippen molar-refractivity contribution in [1.29, 1.82) is 0 Å². The molecule has 1 aliphatic carbocycles. The highest BCUT2D eigenvalue weighted by Crippen LogP contribution is 2.29. The minimum absolute atomic E-state index is 0.109. The molecule has 2 N–H and O–H groups in total. The molecule has 5 rings (SSSR count). The van der Waals surface area contributed by atoms with Gasteiger partial charge in [0.1, 0.15) is 18.2 Å². The van der Waals surface area contributed by atoms with Crippen LogP contribution in [0.25, 0.3) is 0 Å². The number of hydrogen-bond acceptors (Lipinski definition) is 7. The maximum absolute atomic E-state index is 12.9. The number of hydrogen-bond donors (Lipinski definition) is 2. The van der Waals surface area contributed by atoms with Gasteiger partial charge in [-0.3, -0.25) is 29.4 Å². The van der Waals surface area contributed by atoms with Gasteiger partial charge in [-0.15, -0.1) is 0 Å². The van der Waals surface area contributed by atoms with Gasteiger partial charge in [0.2, 0.25) is 11.8 Å². The van der Waals surface area contributed by atoms with Gasteiger partial charge >= 0.3 is 0 Å². The van der Waals surface area contributed by atoms with Crippen LogP contribution in [-0.4, -0.2) is 51.1 Å². The van der Waals surface area contributed by atoms with Crippen molar-refractivity contribution in [3.05, 3.63) is 52.5 Å². The molecule has 3 aliphatic rings. The maximum Gasteiger partial charge on any atom is 0.262 e. The van der Waals surface area contributed by atoms with Gasteiger partial charge in [-0.1, -0.05) is 6.07 Å². The summed E-state index contributed by atoms with van der Waals surface area (Å²) in [6, 6.07) is 4.30. The molecule has 0 saturated carbocycles. The Bertz CT molecular complexity index is 1150. The van der Waals surface area contributed by atoms with E-state index in [-0.39, 0.29) is 18.7 Å². The van der Waals surface area contributed by atoms with Crippen molar-refractivity contribution in [2.45, 2.75) is 51.0 Å². The van der Waals surface area contributed by atoms with Crippen molar-refractivity contribution >= 4 is 29.4 Å². The second-order valence-corrected chi connectivity index (χ2v) is 8.36. The molecule has 1 aromatic heterocycles. The molecule has 1 fully saturated rings. The number of amides is 4. The summed E-state index contributed by atoms with van der Waals surface area (Å²) in [5, 5.41) is 5.60. The summed E-state index contributed by atoms with van der Waals surface area (Å²) in [7, 11) is 0. The van der Waals surface area contributed by atoms with Crippen molar-refractivity contribution in [1.82, 2.24) is 20.2 Å². The topological polar surface area (TPSA) is 121 Å². The second-order valence-electron chi connectivity index (χ2n) is 8.36. The van der Waals surface area contributed by atoms with Gasteiger partial charge in [-0.05, 0) is 56.2 Å². The van der Waals surface area contributed by atoms with Gasteiger partial charge in [0.15, 0.2) is 0 Å². The van der Waals surface area contributed by atoms with Crippen LogP contribution in [0.15, 0.2) is 24.5 Å². The first kappa shape index (κ1) is 20.3. The Kier molecular flexibility index (Phi) is 5.16. The molecule has 1 unspecified atom stereocenters. The van der Waals surface area contributed by atoms with Gasteiger partial charge < -0.3 is 5.32 Å². The number of piperidine rings is 1. The number of imide groups is 2. The lowest BCUT2D eigenvalue weighted by Gasteiger charge is -2.27. The van der Waals surface area contributed by atoms with Crippen molar-refractivity contribution in [3.8, 4) is 0 Å². The fraction of sp³-hybridized carbons (Fsp3) is 0.391. The van der Waals surface area contributed by atoms with Crippen LogP contribution in [0.5, 0.6) is 0 Å². The normalized spacial score (nSPS) is 19.8. The zero-order chi connectivity index (χ0) is 22.2. The summed E-state index contributed by atoms with van der Waals surface area (Å²) >= 11 is 0. The smallest absolute Gasteiger partial charge is 0.262 e. The van der Waals surface area contributed by atoms with Gasteiger partial charge in [0, 0.05) is 24.2 Å². The van der Waals surface area contributed by atoms with E-state index in [1.54, 1.807) is 18.5 Å². The largest absolute Gasteiger partial charge is 0.370 e. The first-order valence-electron chi connectivity index (χ1n) is 10.9. The first-order chi connectivity index (χ1) is 15.5. The number of aromatic nitrogens is 2. The number of carbonyl (C=O) groups excluding carboxylic acids is 4. The molecule has 9 heteroatoms. The minimum atomic E-state index is -0.942. The monoisotopic (exact) mass is 433 g/mol. The Labute approximate surface area is 184 Å². The third kappa shape index (κ3) is 3.53. The number of rotatable bonds is 6. The number of aryl methyl sites for hydroxylation is 2. The lowest BCUT2D eigenvalue weighted by atomic mass is 10.0. The van der Waals surface area contributed by atoms with E-state index in [2.05, 4.69) is 20.6 Å². The molecule has 9 nitrogen and oxygen atoms in total. The highest BCUT2D eigenvalue weighted by atomic mass is 16.2. The summed E-state index contributed by atoms with van der Waals surface area (Å²) in [4.78, 5) is 59.0. The molecule has 0 bridgehead atoms. The molecule has 1 saturated heterocycles. The number of nitrogens with zero attached hydrogens (tertiary/aromatic N) is 3. The summed E-state index contributed by atoms with van der Waals surface area (Å²) in [5.74, 6) is -1.03. The molecule has 1 atom stereocenters. The summed E-state index contributed by atoms with van der Waals surface area (Å²) in [6.45, 7) is 0.732. The Balaban J connectivity index is 1.23. The number of anilines is 1. The lowest BCUT2D eigenvalue weighted by molar-refractivity contribution is -0.136. The molecule has 0 radical (unpaired) electrons.